The van der Waals surface area contributed by atoms with E-state index in [0.717, 1.165) is 17.7 Å². The second-order valence-corrected chi connectivity index (χ2v) is 7.29. The Labute approximate surface area is 183 Å². The average Bonchev–Trinajstić information content (AvgIpc) is 3.19. The summed E-state index contributed by atoms with van der Waals surface area (Å²) in [4.78, 5) is 17.9. The van der Waals surface area contributed by atoms with Gasteiger partial charge in [0, 0.05) is 24.1 Å². The minimum Gasteiger partial charge on any atom is -0.406 e. The van der Waals surface area contributed by atoms with Gasteiger partial charge in [-0.1, -0.05) is 18.2 Å². The number of pyridine rings is 2. The average molecular weight is 454 g/mol. The van der Waals surface area contributed by atoms with E-state index in [1.54, 1.807) is 24.3 Å². The van der Waals surface area contributed by atoms with Crippen molar-refractivity contribution in [3.8, 4) is 11.4 Å². The van der Waals surface area contributed by atoms with Gasteiger partial charge in [-0.25, -0.2) is 9.37 Å². The summed E-state index contributed by atoms with van der Waals surface area (Å²) in [6.07, 6.45) is -3.12. The molecule has 0 bridgehead atoms. The number of alkyl halides is 3. The number of halogens is 4. The van der Waals surface area contributed by atoms with Crippen LogP contribution in [0.1, 0.15) is 11.3 Å². The Hall–Kier alpha value is -4.21. The molecule has 0 aliphatic carbocycles. The summed E-state index contributed by atoms with van der Waals surface area (Å²) in [6, 6.07) is 14.3. The lowest BCUT2D eigenvalue weighted by Gasteiger charge is -2.13. The number of H-pyrrole nitrogens is 1. The van der Waals surface area contributed by atoms with Gasteiger partial charge in [0.15, 0.2) is 0 Å². The van der Waals surface area contributed by atoms with Crippen LogP contribution in [0.2, 0.25) is 0 Å². The maximum atomic E-state index is 13.6. The third kappa shape index (κ3) is 3.91. The smallest absolute Gasteiger partial charge is 0.406 e. The second-order valence-electron chi connectivity index (χ2n) is 7.29. The molecular weight excluding hydrogens is 440 g/mol. The molecule has 10 heteroatoms. The van der Waals surface area contributed by atoms with Crippen molar-refractivity contribution in [1.29, 1.82) is 0 Å². The molecule has 0 saturated carbocycles. The van der Waals surface area contributed by atoms with Gasteiger partial charge < -0.3 is 4.74 Å². The van der Waals surface area contributed by atoms with Crippen molar-refractivity contribution in [2.24, 2.45) is 0 Å². The lowest BCUT2D eigenvalue weighted by Crippen LogP contribution is -2.21. The van der Waals surface area contributed by atoms with Gasteiger partial charge in [-0.3, -0.25) is 14.5 Å². The van der Waals surface area contributed by atoms with Crippen LogP contribution in [0, 0.1) is 5.82 Å². The van der Waals surface area contributed by atoms with Gasteiger partial charge in [0.25, 0.3) is 5.56 Å². The maximum absolute atomic E-state index is 13.6. The summed E-state index contributed by atoms with van der Waals surface area (Å²) < 4.78 is 56.7. The molecule has 0 radical (unpaired) electrons. The third-order valence-electron chi connectivity index (χ3n) is 5.12. The van der Waals surface area contributed by atoms with Crippen LogP contribution in [-0.2, 0) is 6.42 Å². The number of aromatic nitrogens is 4. The van der Waals surface area contributed by atoms with Crippen LogP contribution in [-0.4, -0.2) is 26.1 Å². The minimum atomic E-state index is -4.87. The topological polar surface area (TPSA) is 72.8 Å². The van der Waals surface area contributed by atoms with Crippen LogP contribution in [0.15, 0.2) is 71.7 Å². The van der Waals surface area contributed by atoms with Crippen LogP contribution in [0.25, 0.3) is 27.6 Å². The summed E-state index contributed by atoms with van der Waals surface area (Å²) >= 11 is 0. The van der Waals surface area contributed by atoms with Gasteiger partial charge in [0.1, 0.15) is 22.7 Å². The minimum absolute atomic E-state index is 0.154. The SMILES string of the molecule is O=c1c2c(Cc3ccc(F)cc3)[nH]nc2c2cccnc2n1-c1cccc(OC(F)(F)F)c1. The highest BCUT2D eigenvalue weighted by Gasteiger charge is 2.31. The molecule has 5 aromatic rings. The van der Waals surface area contributed by atoms with E-state index in [0.29, 0.717) is 16.6 Å². The molecule has 3 aromatic heterocycles. The molecule has 0 saturated heterocycles. The first-order valence-corrected chi connectivity index (χ1v) is 9.77. The molecule has 5 rings (SSSR count). The van der Waals surface area contributed by atoms with E-state index in [9.17, 15) is 22.4 Å². The van der Waals surface area contributed by atoms with Crippen LogP contribution in [0.5, 0.6) is 5.75 Å². The van der Waals surface area contributed by atoms with Crippen LogP contribution < -0.4 is 10.3 Å². The van der Waals surface area contributed by atoms with Gasteiger partial charge in [-0.05, 0) is 42.0 Å². The molecule has 6 nitrogen and oxygen atoms in total. The quantitative estimate of drug-likeness (QED) is 0.393. The lowest BCUT2D eigenvalue weighted by atomic mass is 10.1. The molecule has 0 unspecified atom stereocenters. The first-order chi connectivity index (χ1) is 15.8. The number of nitrogens with one attached hydrogen (secondary N) is 1. The molecular formula is C23H14F4N4O2. The molecule has 0 spiro atoms. The van der Waals surface area contributed by atoms with Crippen molar-refractivity contribution in [3.05, 3.63) is 94.3 Å². The van der Waals surface area contributed by atoms with Crippen LogP contribution >= 0.6 is 0 Å². The van der Waals surface area contributed by atoms with Crippen LogP contribution in [0.3, 0.4) is 0 Å². The zero-order valence-corrected chi connectivity index (χ0v) is 16.7. The Morgan fingerprint density at radius 3 is 2.58 bits per heavy atom. The number of ether oxygens (including phenoxy) is 1. The summed E-state index contributed by atoms with van der Waals surface area (Å²) in [5, 5.41) is 7.97. The normalized spacial score (nSPS) is 11.9. The number of hydrogen-bond acceptors (Lipinski definition) is 4. The summed E-state index contributed by atoms with van der Waals surface area (Å²) in [5.41, 5.74) is 1.51. The summed E-state index contributed by atoms with van der Waals surface area (Å²) in [5.74, 6) is -0.844. The highest BCUT2D eigenvalue weighted by Crippen LogP contribution is 2.28. The highest BCUT2D eigenvalue weighted by atomic mass is 19.4. The van der Waals surface area contributed by atoms with E-state index in [-0.39, 0.29) is 29.0 Å². The third-order valence-corrected chi connectivity index (χ3v) is 5.12. The Balaban J connectivity index is 1.73. The van der Waals surface area contributed by atoms with Crippen molar-refractivity contribution in [1.82, 2.24) is 19.7 Å². The molecule has 0 atom stereocenters. The summed E-state index contributed by atoms with van der Waals surface area (Å²) in [6.45, 7) is 0. The molecule has 1 N–H and O–H groups in total. The maximum Gasteiger partial charge on any atom is 0.573 e. The zero-order chi connectivity index (χ0) is 23.2. The van der Waals surface area contributed by atoms with Gasteiger partial charge in [0.05, 0.1) is 16.8 Å². The fraction of sp³-hybridized carbons (Fsp3) is 0.0870. The Bertz CT molecular complexity index is 1540. The largest absolute Gasteiger partial charge is 0.573 e. The number of aromatic amines is 1. The molecule has 166 valence electrons. The van der Waals surface area contributed by atoms with Crippen molar-refractivity contribution in [2.45, 2.75) is 12.8 Å². The Kier molecular flexibility index (Phi) is 4.85. The molecule has 0 amide bonds. The number of rotatable bonds is 4. The van der Waals surface area contributed by atoms with Crippen LogP contribution in [0.4, 0.5) is 17.6 Å². The van der Waals surface area contributed by atoms with Crippen molar-refractivity contribution in [2.75, 3.05) is 0 Å². The molecule has 0 aliphatic heterocycles. The number of benzene rings is 2. The summed E-state index contributed by atoms with van der Waals surface area (Å²) in [7, 11) is 0. The lowest BCUT2D eigenvalue weighted by molar-refractivity contribution is -0.274. The van der Waals surface area contributed by atoms with Gasteiger partial charge in [-0.15, -0.1) is 13.2 Å². The van der Waals surface area contributed by atoms with Gasteiger partial charge in [0.2, 0.25) is 0 Å². The molecule has 33 heavy (non-hydrogen) atoms. The predicted molar refractivity (Wildman–Crippen MR) is 113 cm³/mol. The van der Waals surface area contributed by atoms with E-state index < -0.39 is 17.7 Å². The fourth-order valence-corrected chi connectivity index (χ4v) is 3.76. The zero-order valence-electron chi connectivity index (χ0n) is 16.7. The number of fused-ring (bicyclic) bond motifs is 3. The number of hydrogen-bond donors (Lipinski definition) is 1. The van der Waals surface area contributed by atoms with Crippen molar-refractivity contribution >= 4 is 21.9 Å². The molecule has 3 heterocycles. The predicted octanol–water partition coefficient (Wildman–Crippen LogP) is 4.89. The standard InChI is InChI=1S/C23H14F4N4O2/c24-14-8-6-13(7-9-14)11-18-19-20(30-29-18)17-5-2-10-28-21(17)31(22(19)32)15-3-1-4-16(12-15)33-23(25,26)27/h1-10,12H,11H2,(H,29,30). The van der Waals surface area contributed by atoms with E-state index in [1.165, 1.54) is 35.0 Å². The van der Waals surface area contributed by atoms with Crippen molar-refractivity contribution in [3.63, 3.8) is 0 Å². The monoisotopic (exact) mass is 454 g/mol. The first kappa shape index (κ1) is 20.7. The molecule has 0 fully saturated rings. The molecule has 0 aliphatic rings. The van der Waals surface area contributed by atoms with E-state index >= 15 is 0 Å². The van der Waals surface area contributed by atoms with E-state index in [4.69, 9.17) is 0 Å². The van der Waals surface area contributed by atoms with Gasteiger partial charge >= 0.3 is 6.36 Å². The van der Waals surface area contributed by atoms with E-state index in [2.05, 4.69) is 19.9 Å². The first-order valence-electron chi connectivity index (χ1n) is 9.77. The Morgan fingerprint density at radius 2 is 1.82 bits per heavy atom. The van der Waals surface area contributed by atoms with Gasteiger partial charge in [-0.2, -0.15) is 5.10 Å². The number of nitrogens with zero attached hydrogens (tertiary/aromatic N) is 3. The molecule has 2 aromatic carbocycles. The fourth-order valence-electron chi connectivity index (χ4n) is 3.76. The Morgan fingerprint density at radius 1 is 1.03 bits per heavy atom. The second kappa shape index (κ2) is 7.73. The van der Waals surface area contributed by atoms with Crippen molar-refractivity contribution < 1.29 is 22.3 Å². The highest BCUT2D eigenvalue weighted by molar-refractivity contribution is 6.03. The van der Waals surface area contributed by atoms with E-state index in [1.807, 2.05) is 0 Å².